The van der Waals surface area contributed by atoms with Crippen molar-refractivity contribution in [1.82, 2.24) is 19.5 Å². The van der Waals surface area contributed by atoms with E-state index in [0.29, 0.717) is 29.9 Å². The largest absolute Gasteiger partial charge is 0.489 e. The lowest BCUT2D eigenvalue weighted by Gasteiger charge is -2.29. The Labute approximate surface area is 227 Å². The average molecular weight is 522 g/mol. The highest BCUT2D eigenvalue weighted by Gasteiger charge is 2.24. The number of benzene rings is 1. The van der Waals surface area contributed by atoms with Crippen LogP contribution in [0.4, 0.5) is 0 Å². The summed E-state index contributed by atoms with van der Waals surface area (Å²) in [7, 11) is 0. The Morgan fingerprint density at radius 3 is 2.64 bits per heavy atom. The number of nitriles is 1. The minimum absolute atomic E-state index is 0.110. The molecule has 0 spiro atoms. The van der Waals surface area contributed by atoms with Gasteiger partial charge in [-0.05, 0) is 50.5 Å². The van der Waals surface area contributed by atoms with Crippen LogP contribution in [0, 0.1) is 11.3 Å². The molecular weight excluding hydrogens is 490 g/mol. The first kappa shape index (κ1) is 26.1. The number of amides is 1. The number of hydrogen-bond acceptors (Lipinski definition) is 6. The van der Waals surface area contributed by atoms with Gasteiger partial charge in [0.1, 0.15) is 18.4 Å². The number of nitrogens with zero attached hydrogens (tertiary/aromatic N) is 5. The highest BCUT2D eigenvalue weighted by Crippen LogP contribution is 2.32. The lowest BCUT2D eigenvalue weighted by atomic mass is 9.97. The Morgan fingerprint density at radius 1 is 1.21 bits per heavy atom. The summed E-state index contributed by atoms with van der Waals surface area (Å²) in [6, 6.07) is 17.8. The van der Waals surface area contributed by atoms with E-state index in [-0.39, 0.29) is 18.4 Å². The molecule has 8 heteroatoms. The van der Waals surface area contributed by atoms with Crippen molar-refractivity contribution in [1.29, 1.82) is 5.26 Å². The first-order valence-corrected chi connectivity index (χ1v) is 13.0. The third kappa shape index (κ3) is 5.69. The summed E-state index contributed by atoms with van der Waals surface area (Å²) >= 11 is 0. The molecule has 1 aliphatic heterocycles. The lowest BCUT2D eigenvalue weighted by molar-refractivity contribution is -0.132. The van der Waals surface area contributed by atoms with Gasteiger partial charge >= 0.3 is 0 Å². The van der Waals surface area contributed by atoms with Crippen LogP contribution in [0.5, 0.6) is 5.75 Å². The maximum atomic E-state index is 13.0. The Hall–Kier alpha value is -4.48. The minimum atomic E-state index is -0.992. The molecule has 4 aromatic rings. The van der Waals surface area contributed by atoms with Gasteiger partial charge < -0.3 is 14.7 Å². The SMILES string of the molecule is C[C@@H](C(=O)N1CC=C(c2ccc(-c3cc(OCC(C)(C)O)cn4ncc(C#N)c34)cn2)CC1)c1ccccc1. The summed E-state index contributed by atoms with van der Waals surface area (Å²) in [6.07, 6.45) is 7.82. The molecular formula is C31H31N5O3. The van der Waals surface area contributed by atoms with Crippen LogP contribution in [0.3, 0.4) is 0 Å². The number of aromatic nitrogens is 3. The van der Waals surface area contributed by atoms with E-state index in [2.05, 4.69) is 17.2 Å². The highest BCUT2D eigenvalue weighted by molar-refractivity contribution is 5.86. The minimum Gasteiger partial charge on any atom is -0.489 e. The molecule has 0 radical (unpaired) electrons. The van der Waals surface area contributed by atoms with Gasteiger partial charge in [-0.2, -0.15) is 10.4 Å². The van der Waals surface area contributed by atoms with E-state index in [1.807, 2.05) is 60.4 Å². The molecule has 8 nitrogen and oxygen atoms in total. The maximum absolute atomic E-state index is 13.0. The third-order valence-corrected chi connectivity index (χ3v) is 6.89. The van der Waals surface area contributed by atoms with Crippen LogP contribution in [0.1, 0.15) is 49.9 Å². The summed E-state index contributed by atoms with van der Waals surface area (Å²) in [5, 5.41) is 24.0. The average Bonchev–Trinajstić information content (AvgIpc) is 3.38. The molecule has 0 aliphatic carbocycles. The van der Waals surface area contributed by atoms with Crippen molar-refractivity contribution in [2.75, 3.05) is 19.7 Å². The zero-order chi connectivity index (χ0) is 27.6. The summed E-state index contributed by atoms with van der Waals surface area (Å²) in [6.45, 7) is 6.62. The molecule has 1 amide bonds. The molecule has 1 aromatic carbocycles. The molecule has 39 heavy (non-hydrogen) atoms. The normalized spacial score (nSPS) is 14.5. The molecule has 0 saturated heterocycles. The van der Waals surface area contributed by atoms with E-state index >= 15 is 0 Å². The molecule has 0 bridgehead atoms. The molecule has 198 valence electrons. The maximum Gasteiger partial charge on any atom is 0.230 e. The fraction of sp³-hybridized carbons (Fsp3) is 0.290. The van der Waals surface area contributed by atoms with Crippen LogP contribution < -0.4 is 4.74 Å². The number of ether oxygens (including phenoxy) is 1. The topological polar surface area (TPSA) is 104 Å². The molecule has 4 heterocycles. The van der Waals surface area contributed by atoms with Crippen molar-refractivity contribution in [2.24, 2.45) is 0 Å². The third-order valence-electron chi connectivity index (χ3n) is 6.89. The number of carbonyl (C=O) groups is 1. The van der Waals surface area contributed by atoms with Crippen LogP contribution in [0.2, 0.25) is 0 Å². The van der Waals surface area contributed by atoms with Crippen molar-refractivity contribution in [3.63, 3.8) is 0 Å². The second kappa shape index (κ2) is 10.7. The van der Waals surface area contributed by atoms with Gasteiger partial charge in [-0.15, -0.1) is 0 Å². The standard InChI is InChI=1S/C31H31N5O3/c1-21(22-7-5-4-6-8-22)30(37)35-13-11-23(12-14-35)28-10-9-24(17-33-28)27-15-26(39-20-31(2,3)38)19-36-29(27)25(16-32)18-34-36/h4-11,15,17-19,21,38H,12-14,20H2,1-3H3/t21-/m1/s1. The van der Waals surface area contributed by atoms with Crippen LogP contribution in [-0.4, -0.2) is 55.8 Å². The summed E-state index contributed by atoms with van der Waals surface area (Å²) < 4.78 is 7.44. The van der Waals surface area contributed by atoms with E-state index < -0.39 is 5.60 Å². The second-order valence-electron chi connectivity index (χ2n) is 10.5. The smallest absolute Gasteiger partial charge is 0.230 e. The van der Waals surface area contributed by atoms with Gasteiger partial charge in [-0.3, -0.25) is 9.78 Å². The molecule has 0 unspecified atom stereocenters. The first-order valence-electron chi connectivity index (χ1n) is 13.0. The number of hydrogen-bond donors (Lipinski definition) is 1. The summed E-state index contributed by atoms with van der Waals surface area (Å²) in [5.74, 6) is 0.478. The van der Waals surface area contributed by atoms with Gasteiger partial charge in [0.15, 0.2) is 0 Å². The molecule has 1 atom stereocenters. The lowest BCUT2D eigenvalue weighted by Crippen LogP contribution is -2.37. The Bertz CT molecular complexity index is 1560. The van der Waals surface area contributed by atoms with Gasteiger partial charge in [-0.25, -0.2) is 4.52 Å². The van der Waals surface area contributed by atoms with Crippen molar-refractivity contribution in [3.8, 4) is 22.9 Å². The van der Waals surface area contributed by atoms with Crippen molar-refractivity contribution >= 4 is 17.0 Å². The molecule has 1 aliphatic rings. The van der Waals surface area contributed by atoms with Crippen molar-refractivity contribution in [2.45, 2.75) is 38.7 Å². The predicted octanol–water partition coefficient (Wildman–Crippen LogP) is 4.84. The molecule has 1 N–H and O–H groups in total. The Balaban J connectivity index is 1.36. The molecule has 0 fully saturated rings. The van der Waals surface area contributed by atoms with E-state index in [1.54, 1.807) is 30.8 Å². The zero-order valence-electron chi connectivity index (χ0n) is 22.3. The number of pyridine rings is 2. The van der Waals surface area contributed by atoms with E-state index in [4.69, 9.17) is 9.72 Å². The van der Waals surface area contributed by atoms with E-state index in [1.165, 1.54) is 6.20 Å². The molecule has 3 aromatic heterocycles. The van der Waals surface area contributed by atoms with E-state index in [9.17, 15) is 15.2 Å². The van der Waals surface area contributed by atoms with E-state index in [0.717, 1.165) is 34.4 Å². The number of carbonyl (C=O) groups excluding carboxylic acids is 1. The quantitative estimate of drug-likeness (QED) is 0.373. The zero-order valence-corrected chi connectivity index (χ0v) is 22.3. The monoisotopic (exact) mass is 521 g/mol. The van der Waals surface area contributed by atoms with Crippen molar-refractivity contribution in [3.05, 3.63) is 90.0 Å². The predicted molar refractivity (Wildman–Crippen MR) is 149 cm³/mol. The van der Waals surface area contributed by atoms with Gasteiger partial charge in [0, 0.05) is 30.4 Å². The van der Waals surface area contributed by atoms with Gasteiger partial charge in [0.05, 0.1) is 40.7 Å². The first-order chi connectivity index (χ1) is 18.7. The molecule has 0 saturated carbocycles. The van der Waals surface area contributed by atoms with Crippen LogP contribution >= 0.6 is 0 Å². The summed E-state index contributed by atoms with van der Waals surface area (Å²) in [5.41, 5.74) is 4.70. The Kier molecular flexibility index (Phi) is 7.18. The number of aliphatic hydroxyl groups is 1. The summed E-state index contributed by atoms with van der Waals surface area (Å²) in [4.78, 5) is 19.7. The van der Waals surface area contributed by atoms with Gasteiger partial charge in [-0.1, -0.05) is 42.5 Å². The number of fused-ring (bicyclic) bond motifs is 1. The van der Waals surface area contributed by atoms with Crippen molar-refractivity contribution < 1.29 is 14.6 Å². The fourth-order valence-corrected chi connectivity index (χ4v) is 4.74. The van der Waals surface area contributed by atoms with Crippen LogP contribution in [-0.2, 0) is 4.79 Å². The second-order valence-corrected chi connectivity index (χ2v) is 10.5. The fourth-order valence-electron chi connectivity index (χ4n) is 4.74. The number of rotatable bonds is 7. The van der Waals surface area contributed by atoms with Gasteiger partial charge in [0.25, 0.3) is 0 Å². The molecule has 5 rings (SSSR count). The highest BCUT2D eigenvalue weighted by atomic mass is 16.5. The Morgan fingerprint density at radius 2 is 2.00 bits per heavy atom. The van der Waals surface area contributed by atoms with Crippen LogP contribution in [0.15, 0.2) is 73.2 Å². The van der Waals surface area contributed by atoms with Gasteiger partial charge in [0.2, 0.25) is 5.91 Å². The van der Waals surface area contributed by atoms with Crippen LogP contribution in [0.25, 0.3) is 22.2 Å².